The molecule has 0 saturated carbocycles. The van der Waals surface area contributed by atoms with Gasteiger partial charge in [0.05, 0.1) is 4.92 Å². The van der Waals surface area contributed by atoms with Gasteiger partial charge in [-0.3, -0.25) is 24.5 Å². The minimum atomic E-state index is -1.07. The average molecular weight is 399 g/mol. The quantitative estimate of drug-likeness (QED) is 0.399. The van der Waals surface area contributed by atoms with Crippen molar-refractivity contribution in [3.05, 3.63) is 69.8 Å². The van der Waals surface area contributed by atoms with Gasteiger partial charge >= 0.3 is 5.97 Å². The minimum Gasteiger partial charge on any atom is -0.451 e. The van der Waals surface area contributed by atoms with Crippen molar-refractivity contribution in [1.29, 1.82) is 0 Å². The van der Waals surface area contributed by atoms with E-state index in [0.717, 1.165) is 18.1 Å². The number of rotatable bonds is 8. The Labute approximate surface area is 167 Å². The summed E-state index contributed by atoms with van der Waals surface area (Å²) in [5, 5.41) is 15.7. The van der Waals surface area contributed by atoms with E-state index < -0.39 is 35.4 Å². The molecular weight excluding hydrogens is 378 g/mol. The fourth-order valence-corrected chi connectivity index (χ4v) is 2.38. The molecule has 29 heavy (non-hydrogen) atoms. The van der Waals surface area contributed by atoms with Crippen molar-refractivity contribution >= 4 is 29.2 Å². The third-order valence-electron chi connectivity index (χ3n) is 4.02. The molecule has 0 aliphatic rings. The molecule has 2 rings (SSSR count). The first-order valence-corrected chi connectivity index (χ1v) is 8.92. The number of amides is 2. The molecule has 0 fully saturated rings. The van der Waals surface area contributed by atoms with E-state index in [1.165, 1.54) is 25.1 Å². The zero-order chi connectivity index (χ0) is 21.4. The van der Waals surface area contributed by atoms with Crippen molar-refractivity contribution < 1.29 is 24.0 Å². The van der Waals surface area contributed by atoms with Gasteiger partial charge < -0.3 is 15.4 Å². The van der Waals surface area contributed by atoms with Gasteiger partial charge in [-0.1, -0.05) is 25.1 Å². The first kappa shape index (κ1) is 21.5. The van der Waals surface area contributed by atoms with Gasteiger partial charge in [-0.2, -0.15) is 0 Å². The molecule has 0 aromatic heterocycles. The summed E-state index contributed by atoms with van der Waals surface area (Å²) in [6.07, 6.45) is -0.187. The third-order valence-corrected chi connectivity index (χ3v) is 4.02. The van der Waals surface area contributed by atoms with Crippen molar-refractivity contribution in [2.75, 3.05) is 11.9 Å². The van der Waals surface area contributed by atoms with Gasteiger partial charge in [0, 0.05) is 23.4 Å². The molecule has 0 bridgehead atoms. The van der Waals surface area contributed by atoms with Crippen LogP contribution in [0.5, 0.6) is 0 Å². The summed E-state index contributed by atoms with van der Waals surface area (Å²) in [6.45, 7) is 2.95. The van der Waals surface area contributed by atoms with Crippen molar-refractivity contribution in [2.24, 2.45) is 0 Å². The lowest BCUT2D eigenvalue weighted by molar-refractivity contribution is -0.384. The van der Waals surface area contributed by atoms with E-state index in [1.54, 1.807) is 12.1 Å². The Balaban J connectivity index is 1.83. The summed E-state index contributed by atoms with van der Waals surface area (Å²) in [7, 11) is 0. The van der Waals surface area contributed by atoms with Crippen molar-refractivity contribution in [2.45, 2.75) is 26.4 Å². The molecule has 2 aromatic carbocycles. The molecule has 9 nitrogen and oxygen atoms in total. The van der Waals surface area contributed by atoms with Crippen LogP contribution in [0.25, 0.3) is 0 Å². The number of anilines is 1. The highest BCUT2D eigenvalue weighted by Crippen LogP contribution is 2.13. The van der Waals surface area contributed by atoms with Gasteiger partial charge in [-0.25, -0.2) is 0 Å². The number of esters is 1. The van der Waals surface area contributed by atoms with Gasteiger partial charge in [-0.15, -0.1) is 0 Å². The fourth-order valence-electron chi connectivity index (χ4n) is 2.38. The number of carbonyl (C=O) groups is 3. The number of ether oxygens (including phenoxy) is 1. The van der Waals surface area contributed by atoms with Gasteiger partial charge in [0.1, 0.15) is 6.54 Å². The van der Waals surface area contributed by atoms with Crippen LogP contribution in [0.15, 0.2) is 48.5 Å². The second-order valence-corrected chi connectivity index (χ2v) is 6.16. The molecule has 0 radical (unpaired) electrons. The van der Waals surface area contributed by atoms with E-state index in [0.29, 0.717) is 5.69 Å². The maximum Gasteiger partial charge on any atom is 0.326 e. The van der Waals surface area contributed by atoms with Crippen molar-refractivity contribution in [1.82, 2.24) is 5.32 Å². The van der Waals surface area contributed by atoms with Crippen LogP contribution in [-0.4, -0.2) is 35.4 Å². The monoisotopic (exact) mass is 399 g/mol. The molecule has 9 heteroatoms. The Kier molecular flexibility index (Phi) is 7.41. The summed E-state index contributed by atoms with van der Waals surface area (Å²) in [5.74, 6) is -1.99. The predicted octanol–water partition coefficient (Wildman–Crippen LogP) is 2.46. The van der Waals surface area contributed by atoms with Crippen LogP contribution in [0, 0.1) is 10.1 Å². The van der Waals surface area contributed by atoms with Gasteiger partial charge in [0.25, 0.3) is 17.5 Å². The number of nitro benzene ring substituents is 1. The molecule has 0 spiro atoms. The lowest BCUT2D eigenvalue weighted by Crippen LogP contribution is -2.35. The first-order valence-electron chi connectivity index (χ1n) is 8.92. The van der Waals surface area contributed by atoms with E-state index in [9.17, 15) is 24.5 Å². The van der Waals surface area contributed by atoms with Gasteiger partial charge in [0.15, 0.2) is 6.10 Å². The molecule has 0 heterocycles. The maximum atomic E-state index is 12.1. The zero-order valence-electron chi connectivity index (χ0n) is 16.0. The maximum absolute atomic E-state index is 12.1. The van der Waals surface area contributed by atoms with E-state index in [-0.39, 0.29) is 11.3 Å². The average Bonchev–Trinajstić information content (AvgIpc) is 2.72. The van der Waals surface area contributed by atoms with Gasteiger partial charge in [0.2, 0.25) is 0 Å². The molecule has 0 aliphatic carbocycles. The highest BCUT2D eigenvalue weighted by Gasteiger charge is 2.19. The molecule has 0 aliphatic heterocycles. The molecule has 0 saturated heterocycles. The van der Waals surface area contributed by atoms with Crippen LogP contribution in [-0.2, 0) is 20.7 Å². The van der Waals surface area contributed by atoms with E-state index >= 15 is 0 Å². The normalized spacial score (nSPS) is 11.2. The number of aryl methyl sites for hydroxylation is 1. The third kappa shape index (κ3) is 6.42. The molecule has 1 atom stereocenters. The Morgan fingerprint density at radius 1 is 1.14 bits per heavy atom. The molecule has 2 amide bonds. The van der Waals surface area contributed by atoms with Crippen LogP contribution in [0.2, 0.25) is 0 Å². The topological polar surface area (TPSA) is 128 Å². The number of benzene rings is 2. The lowest BCUT2D eigenvalue weighted by Gasteiger charge is -2.14. The minimum absolute atomic E-state index is 0.0355. The lowest BCUT2D eigenvalue weighted by atomic mass is 10.1. The Bertz CT molecular complexity index is 911. The highest BCUT2D eigenvalue weighted by molar-refractivity contribution is 5.97. The summed E-state index contributed by atoms with van der Waals surface area (Å²) >= 11 is 0. The summed E-state index contributed by atoms with van der Waals surface area (Å²) in [6, 6.07) is 12.4. The van der Waals surface area contributed by atoms with Crippen LogP contribution < -0.4 is 10.6 Å². The number of hydrogen-bond donors (Lipinski definition) is 2. The fraction of sp³-hybridized carbons (Fsp3) is 0.250. The van der Waals surface area contributed by atoms with E-state index in [4.69, 9.17) is 4.74 Å². The zero-order valence-corrected chi connectivity index (χ0v) is 16.0. The second kappa shape index (κ2) is 9.98. The van der Waals surface area contributed by atoms with E-state index in [2.05, 4.69) is 10.6 Å². The highest BCUT2D eigenvalue weighted by atomic mass is 16.6. The van der Waals surface area contributed by atoms with Crippen LogP contribution in [0.4, 0.5) is 11.4 Å². The van der Waals surface area contributed by atoms with Gasteiger partial charge in [-0.05, 0) is 37.1 Å². The van der Waals surface area contributed by atoms with Crippen LogP contribution in [0.1, 0.15) is 29.8 Å². The molecule has 0 unspecified atom stereocenters. The summed E-state index contributed by atoms with van der Waals surface area (Å²) in [4.78, 5) is 46.1. The Morgan fingerprint density at radius 3 is 2.45 bits per heavy atom. The Hall–Kier alpha value is -3.75. The number of nitrogens with zero attached hydrogens (tertiary/aromatic N) is 1. The largest absolute Gasteiger partial charge is 0.451 e. The van der Waals surface area contributed by atoms with Crippen LogP contribution >= 0.6 is 0 Å². The van der Waals surface area contributed by atoms with E-state index in [1.807, 2.05) is 19.1 Å². The molecule has 2 aromatic rings. The number of nitro groups is 1. The van der Waals surface area contributed by atoms with Crippen molar-refractivity contribution in [3.63, 3.8) is 0 Å². The standard InChI is InChI=1S/C20H21N3O6/c1-3-14-7-9-16(10-8-14)22-19(25)13(2)29-18(24)12-21-20(26)15-5-4-6-17(11-15)23(27)28/h4-11,13H,3,12H2,1-2H3,(H,21,26)(H,22,25)/t13-/m0/s1. The molecule has 152 valence electrons. The number of hydrogen-bond acceptors (Lipinski definition) is 6. The SMILES string of the molecule is CCc1ccc(NC(=O)[C@H](C)OC(=O)CNC(=O)c2cccc([N+](=O)[O-])c2)cc1. The van der Waals surface area contributed by atoms with Crippen LogP contribution in [0.3, 0.4) is 0 Å². The first-order chi connectivity index (χ1) is 13.8. The second-order valence-electron chi connectivity index (χ2n) is 6.16. The predicted molar refractivity (Wildman–Crippen MR) is 105 cm³/mol. The molecular formula is C20H21N3O6. The number of nitrogens with one attached hydrogen (secondary N) is 2. The number of carbonyl (C=O) groups excluding carboxylic acids is 3. The summed E-state index contributed by atoms with van der Waals surface area (Å²) in [5.41, 5.74) is 1.50. The smallest absolute Gasteiger partial charge is 0.326 e. The van der Waals surface area contributed by atoms with Crippen molar-refractivity contribution in [3.8, 4) is 0 Å². The molecule has 2 N–H and O–H groups in total. The summed E-state index contributed by atoms with van der Waals surface area (Å²) < 4.78 is 5.00. The number of non-ortho nitro benzene ring substituents is 1. The Morgan fingerprint density at radius 2 is 1.83 bits per heavy atom.